The van der Waals surface area contributed by atoms with Crippen molar-refractivity contribution < 1.29 is 9.90 Å². The summed E-state index contributed by atoms with van der Waals surface area (Å²) < 4.78 is 0. The quantitative estimate of drug-likeness (QED) is 0.466. The number of fused-ring (bicyclic) bond motifs is 1. The van der Waals surface area contributed by atoms with E-state index >= 15 is 0 Å². The van der Waals surface area contributed by atoms with Gasteiger partial charge in [-0.2, -0.15) is 0 Å². The van der Waals surface area contributed by atoms with Crippen molar-refractivity contribution in [1.29, 1.82) is 0 Å². The number of anilines is 1. The molecule has 2 aliphatic rings. The molecule has 2 fully saturated rings. The third-order valence-corrected chi connectivity index (χ3v) is 7.03. The molecule has 2 aromatic carbocycles. The highest BCUT2D eigenvalue weighted by atomic mass is 16.3. The van der Waals surface area contributed by atoms with Crippen LogP contribution in [0.1, 0.15) is 60.0 Å². The topological polar surface area (TPSA) is 88.2 Å². The number of nitrogens with two attached hydrogens (primary N) is 1. The molecule has 32 heavy (non-hydrogen) atoms. The fourth-order valence-electron chi connectivity index (χ4n) is 4.87. The molecule has 0 amide bonds. The summed E-state index contributed by atoms with van der Waals surface area (Å²) in [6.07, 6.45) is 7.74. The van der Waals surface area contributed by atoms with Crippen molar-refractivity contribution in [1.82, 2.24) is 4.98 Å². The number of nitrogens with zero attached hydrogens (tertiary/aromatic N) is 1. The molecule has 166 valence electrons. The van der Waals surface area contributed by atoms with E-state index in [2.05, 4.69) is 22.4 Å². The van der Waals surface area contributed by atoms with E-state index in [1.165, 1.54) is 0 Å². The van der Waals surface area contributed by atoms with Crippen LogP contribution in [0.2, 0.25) is 0 Å². The summed E-state index contributed by atoms with van der Waals surface area (Å²) in [4.78, 5) is 17.8. The first-order chi connectivity index (χ1) is 15.4. The van der Waals surface area contributed by atoms with E-state index in [0.717, 1.165) is 77.4 Å². The molecule has 0 unspecified atom stereocenters. The molecular formula is C27H31N3O2. The second-order valence-corrected chi connectivity index (χ2v) is 9.63. The van der Waals surface area contributed by atoms with Gasteiger partial charge in [0, 0.05) is 29.6 Å². The number of pyridine rings is 1. The Morgan fingerprint density at radius 3 is 2.34 bits per heavy atom. The predicted octanol–water partition coefficient (Wildman–Crippen LogP) is 5.50. The number of aryl methyl sites for hydroxylation is 2. The fraction of sp³-hybridized carbons (Fsp3) is 0.407. The Morgan fingerprint density at radius 2 is 1.69 bits per heavy atom. The number of benzene rings is 2. The average Bonchev–Trinajstić information content (AvgIpc) is 3.63. The maximum absolute atomic E-state index is 13.1. The highest BCUT2D eigenvalue weighted by Crippen LogP contribution is 2.39. The zero-order valence-corrected chi connectivity index (χ0v) is 18.8. The Hall–Kier alpha value is -2.92. The van der Waals surface area contributed by atoms with Gasteiger partial charge < -0.3 is 16.2 Å². The number of hydrogen-bond donors (Lipinski definition) is 3. The first-order valence-electron chi connectivity index (χ1n) is 11.7. The fourth-order valence-corrected chi connectivity index (χ4v) is 4.87. The minimum absolute atomic E-state index is 0.139. The maximum atomic E-state index is 13.1. The summed E-state index contributed by atoms with van der Waals surface area (Å²) in [5.41, 5.74) is 12.4. The number of hydrogen-bond acceptors (Lipinski definition) is 5. The Labute approximate surface area is 189 Å². The third-order valence-electron chi connectivity index (χ3n) is 7.03. The smallest absolute Gasteiger partial charge is 0.169 e. The molecular weight excluding hydrogens is 398 g/mol. The molecule has 5 nitrogen and oxygen atoms in total. The lowest BCUT2D eigenvalue weighted by Crippen LogP contribution is -2.33. The lowest BCUT2D eigenvalue weighted by molar-refractivity contribution is 0.0968. The van der Waals surface area contributed by atoms with Crippen LogP contribution in [0.5, 0.6) is 5.75 Å². The van der Waals surface area contributed by atoms with Gasteiger partial charge in [-0.05, 0) is 98.9 Å². The number of nitrogens with one attached hydrogen (secondary N) is 1. The summed E-state index contributed by atoms with van der Waals surface area (Å²) in [5, 5.41) is 14.9. The van der Waals surface area contributed by atoms with E-state index in [-0.39, 0.29) is 17.7 Å². The second-order valence-electron chi connectivity index (χ2n) is 9.63. The van der Waals surface area contributed by atoms with Crippen molar-refractivity contribution in [2.45, 2.75) is 64.5 Å². The normalized spacial score (nSPS) is 21.0. The van der Waals surface area contributed by atoms with Crippen LogP contribution in [0.15, 0.2) is 36.5 Å². The van der Waals surface area contributed by atoms with Gasteiger partial charge >= 0.3 is 0 Å². The van der Waals surface area contributed by atoms with Crippen LogP contribution < -0.4 is 11.1 Å². The van der Waals surface area contributed by atoms with Crippen LogP contribution in [0.25, 0.3) is 22.0 Å². The Morgan fingerprint density at radius 1 is 1.00 bits per heavy atom. The number of phenolic OH excluding ortho intramolecular Hbond substituents is 1. The van der Waals surface area contributed by atoms with Gasteiger partial charge in [0.15, 0.2) is 5.78 Å². The van der Waals surface area contributed by atoms with Crippen molar-refractivity contribution in [2.75, 3.05) is 5.32 Å². The summed E-state index contributed by atoms with van der Waals surface area (Å²) in [6.45, 7) is 3.84. The molecule has 3 aromatic rings. The molecule has 2 saturated carbocycles. The Kier molecular flexibility index (Phi) is 5.38. The standard InChI is InChI=1S/C27H31N3O2/c1-15-11-19(12-16(2)26(15)31)18-5-10-24-22(13-18)25(30-21-8-6-20(28)7-9-21)23(14-29-24)27(32)17-3-4-17/h5,10-14,17,20-21,31H,3-4,6-9,28H2,1-2H3,(H,29,30)/t20-,21-. The summed E-state index contributed by atoms with van der Waals surface area (Å²) >= 11 is 0. The van der Waals surface area contributed by atoms with E-state index in [4.69, 9.17) is 5.73 Å². The van der Waals surface area contributed by atoms with Crippen LogP contribution in [0, 0.1) is 19.8 Å². The van der Waals surface area contributed by atoms with Crippen LogP contribution in [0.3, 0.4) is 0 Å². The molecule has 0 radical (unpaired) electrons. The first-order valence-corrected chi connectivity index (χ1v) is 11.7. The van der Waals surface area contributed by atoms with Gasteiger partial charge in [0.1, 0.15) is 5.75 Å². The minimum atomic E-state index is 0.139. The number of carbonyl (C=O) groups is 1. The third kappa shape index (κ3) is 3.97. The number of carbonyl (C=O) groups excluding carboxylic acids is 1. The van der Waals surface area contributed by atoms with Gasteiger partial charge in [-0.25, -0.2) is 0 Å². The highest BCUT2D eigenvalue weighted by molar-refractivity contribution is 6.10. The largest absolute Gasteiger partial charge is 0.507 e. The molecule has 0 aliphatic heterocycles. The van der Waals surface area contributed by atoms with E-state index < -0.39 is 0 Å². The van der Waals surface area contributed by atoms with Gasteiger partial charge in [-0.1, -0.05) is 6.07 Å². The van der Waals surface area contributed by atoms with Gasteiger partial charge in [0.2, 0.25) is 0 Å². The number of Topliss-reactive ketones (excluding diaryl/α,β-unsaturated/α-hetero) is 1. The van der Waals surface area contributed by atoms with Crippen LogP contribution in [0.4, 0.5) is 5.69 Å². The number of aromatic nitrogens is 1. The summed E-state index contributed by atoms with van der Waals surface area (Å²) in [5.74, 6) is 0.683. The van der Waals surface area contributed by atoms with Crippen LogP contribution in [-0.2, 0) is 0 Å². The lowest BCUT2D eigenvalue weighted by Gasteiger charge is -2.29. The predicted molar refractivity (Wildman–Crippen MR) is 129 cm³/mol. The molecule has 5 heteroatoms. The zero-order chi connectivity index (χ0) is 22.4. The van der Waals surface area contributed by atoms with Gasteiger partial charge in [0.25, 0.3) is 0 Å². The minimum Gasteiger partial charge on any atom is -0.507 e. The maximum Gasteiger partial charge on any atom is 0.169 e. The zero-order valence-electron chi connectivity index (χ0n) is 18.8. The average molecular weight is 430 g/mol. The number of rotatable bonds is 5. The van der Waals surface area contributed by atoms with Gasteiger partial charge in [0.05, 0.1) is 16.8 Å². The van der Waals surface area contributed by atoms with Crippen LogP contribution in [-0.4, -0.2) is 28.0 Å². The molecule has 1 aromatic heterocycles. The van der Waals surface area contributed by atoms with E-state index in [1.54, 1.807) is 6.20 Å². The van der Waals surface area contributed by atoms with E-state index in [9.17, 15) is 9.90 Å². The highest BCUT2D eigenvalue weighted by Gasteiger charge is 2.33. The molecule has 2 aliphatic carbocycles. The molecule has 5 rings (SSSR count). The van der Waals surface area contributed by atoms with Gasteiger partial charge in [-0.3, -0.25) is 9.78 Å². The molecule has 4 N–H and O–H groups in total. The van der Waals surface area contributed by atoms with Crippen molar-refractivity contribution in [3.05, 3.63) is 53.2 Å². The van der Waals surface area contributed by atoms with E-state index in [0.29, 0.717) is 17.4 Å². The van der Waals surface area contributed by atoms with Crippen molar-refractivity contribution >= 4 is 22.4 Å². The number of ketones is 1. The monoisotopic (exact) mass is 429 g/mol. The van der Waals surface area contributed by atoms with Crippen LogP contribution >= 0.6 is 0 Å². The van der Waals surface area contributed by atoms with Gasteiger partial charge in [-0.15, -0.1) is 0 Å². The molecule has 0 atom stereocenters. The number of aromatic hydroxyl groups is 1. The molecule has 0 saturated heterocycles. The van der Waals surface area contributed by atoms with E-state index in [1.807, 2.05) is 32.0 Å². The van der Waals surface area contributed by atoms with Crippen molar-refractivity contribution in [3.8, 4) is 16.9 Å². The number of phenols is 1. The molecule has 1 heterocycles. The Bertz CT molecular complexity index is 1170. The Balaban J connectivity index is 1.62. The SMILES string of the molecule is Cc1cc(-c2ccc3ncc(C(=O)C4CC4)c(N[C@H]4CC[C@H](N)CC4)c3c2)cc(C)c1O. The second kappa shape index (κ2) is 8.21. The molecule has 0 spiro atoms. The first kappa shape index (κ1) is 21.0. The van der Waals surface area contributed by atoms with Crippen molar-refractivity contribution in [3.63, 3.8) is 0 Å². The lowest BCUT2D eigenvalue weighted by atomic mass is 9.90. The summed E-state index contributed by atoms with van der Waals surface area (Å²) in [7, 11) is 0. The summed E-state index contributed by atoms with van der Waals surface area (Å²) in [6, 6.07) is 10.8. The van der Waals surface area contributed by atoms with Crippen molar-refractivity contribution in [2.24, 2.45) is 11.7 Å². The molecule has 0 bridgehead atoms.